The fourth-order valence-electron chi connectivity index (χ4n) is 3.33. The Labute approximate surface area is 182 Å². The molecule has 0 atom stereocenters. The predicted molar refractivity (Wildman–Crippen MR) is 124 cm³/mol. The molecule has 2 aromatic carbocycles. The van der Waals surface area contributed by atoms with Crippen molar-refractivity contribution in [3.8, 4) is 5.75 Å². The highest BCUT2D eigenvalue weighted by Gasteiger charge is 2.20. The highest BCUT2D eigenvalue weighted by molar-refractivity contribution is 7.97. The van der Waals surface area contributed by atoms with Crippen molar-refractivity contribution in [1.29, 1.82) is 0 Å². The Bertz CT molecular complexity index is 987. The van der Waals surface area contributed by atoms with E-state index in [1.807, 2.05) is 25.1 Å². The molecule has 0 bridgehead atoms. The predicted octanol–water partition coefficient (Wildman–Crippen LogP) is 4.67. The summed E-state index contributed by atoms with van der Waals surface area (Å²) in [6.07, 6.45) is 0. The van der Waals surface area contributed by atoms with Crippen molar-refractivity contribution in [2.24, 2.45) is 0 Å². The molecule has 6 nitrogen and oxygen atoms in total. The number of aromatic nitrogens is 2. The van der Waals surface area contributed by atoms with Gasteiger partial charge in [-0.3, -0.25) is 0 Å². The molecule has 2 heterocycles. The van der Waals surface area contributed by atoms with Crippen LogP contribution in [0.2, 0.25) is 0 Å². The Hall–Kier alpha value is -2.77. The summed E-state index contributed by atoms with van der Waals surface area (Å²) in [7, 11) is 1.70. The fraction of sp³-hybridized carbons (Fsp3) is 0.304. The molecule has 0 aliphatic carbocycles. The van der Waals surface area contributed by atoms with E-state index in [9.17, 15) is 0 Å². The van der Waals surface area contributed by atoms with Gasteiger partial charge in [0, 0.05) is 48.5 Å². The molecule has 0 amide bonds. The van der Waals surface area contributed by atoms with Crippen molar-refractivity contribution in [2.45, 2.75) is 18.7 Å². The lowest BCUT2D eigenvalue weighted by Crippen LogP contribution is -2.44. The van der Waals surface area contributed by atoms with E-state index in [-0.39, 0.29) is 0 Å². The molecule has 0 unspecified atom stereocenters. The van der Waals surface area contributed by atoms with Crippen LogP contribution in [0, 0.1) is 13.8 Å². The fourth-order valence-corrected chi connectivity index (χ4v) is 4.28. The molecule has 156 valence electrons. The molecule has 1 aliphatic rings. The molecule has 3 aromatic rings. The lowest BCUT2D eigenvalue weighted by molar-refractivity contribution is 0.412. The van der Waals surface area contributed by atoms with Gasteiger partial charge in [-0.15, -0.1) is 0 Å². The Morgan fingerprint density at radius 1 is 0.933 bits per heavy atom. The summed E-state index contributed by atoms with van der Waals surface area (Å²) < 4.78 is 7.71. The van der Waals surface area contributed by atoms with Gasteiger partial charge >= 0.3 is 0 Å². The van der Waals surface area contributed by atoms with Gasteiger partial charge in [0.15, 0.2) is 0 Å². The van der Waals surface area contributed by atoms with Crippen molar-refractivity contribution in [1.82, 2.24) is 14.3 Å². The second-order valence-electron chi connectivity index (χ2n) is 7.37. The van der Waals surface area contributed by atoms with Gasteiger partial charge in [0.2, 0.25) is 5.95 Å². The lowest BCUT2D eigenvalue weighted by atomic mass is 10.2. The van der Waals surface area contributed by atoms with Crippen molar-refractivity contribution < 1.29 is 4.74 Å². The second-order valence-corrected chi connectivity index (χ2v) is 8.54. The van der Waals surface area contributed by atoms with Crippen LogP contribution in [0.5, 0.6) is 5.75 Å². The first-order chi connectivity index (χ1) is 14.6. The molecule has 7 heteroatoms. The average Bonchev–Trinajstić information content (AvgIpc) is 2.76. The maximum atomic E-state index is 5.33. The first kappa shape index (κ1) is 20.5. The zero-order valence-corrected chi connectivity index (χ0v) is 18.4. The topological polar surface area (TPSA) is 53.5 Å². The molecule has 0 spiro atoms. The van der Waals surface area contributed by atoms with Crippen LogP contribution in [0.1, 0.15) is 11.3 Å². The largest absolute Gasteiger partial charge is 0.497 e. The first-order valence-electron chi connectivity index (χ1n) is 10.1. The Balaban J connectivity index is 1.39. The molecule has 30 heavy (non-hydrogen) atoms. The van der Waals surface area contributed by atoms with Gasteiger partial charge in [-0.25, -0.2) is 9.29 Å². The van der Waals surface area contributed by atoms with Gasteiger partial charge in [0.1, 0.15) is 11.6 Å². The molecule has 0 radical (unpaired) electrons. The Kier molecular flexibility index (Phi) is 6.40. The second kappa shape index (κ2) is 9.36. The minimum Gasteiger partial charge on any atom is -0.497 e. The molecule has 1 aliphatic heterocycles. The van der Waals surface area contributed by atoms with Gasteiger partial charge in [0.05, 0.1) is 7.11 Å². The van der Waals surface area contributed by atoms with Crippen molar-refractivity contribution >= 4 is 29.4 Å². The third-order valence-electron chi connectivity index (χ3n) is 4.96. The Morgan fingerprint density at radius 3 is 2.43 bits per heavy atom. The maximum absolute atomic E-state index is 5.33. The number of hydrogen-bond acceptors (Lipinski definition) is 7. The zero-order valence-electron chi connectivity index (χ0n) is 17.6. The van der Waals surface area contributed by atoms with Crippen LogP contribution in [0.4, 0.5) is 17.5 Å². The van der Waals surface area contributed by atoms with Gasteiger partial charge in [-0.05, 0) is 56.1 Å². The summed E-state index contributed by atoms with van der Waals surface area (Å²) in [5.41, 5.74) is 3.23. The highest BCUT2D eigenvalue weighted by Crippen LogP contribution is 2.28. The smallest absolute Gasteiger partial charge is 0.227 e. The minimum atomic E-state index is 0.788. The molecular weight excluding hydrogens is 394 g/mol. The SMILES string of the molecule is COc1cccc(SN2CCN(c3nc(C)cc(Nc4ccc(C)cc4)n3)CC2)c1. The normalized spacial score (nSPS) is 14.6. The van der Waals surface area contributed by atoms with E-state index >= 15 is 0 Å². The van der Waals surface area contributed by atoms with E-state index < -0.39 is 0 Å². The van der Waals surface area contributed by atoms with E-state index in [2.05, 4.69) is 62.8 Å². The van der Waals surface area contributed by atoms with Gasteiger partial charge in [0.25, 0.3) is 0 Å². The molecule has 4 rings (SSSR count). The number of nitrogens with zero attached hydrogens (tertiary/aromatic N) is 4. The van der Waals surface area contributed by atoms with Crippen LogP contribution < -0.4 is 15.0 Å². The first-order valence-corrected chi connectivity index (χ1v) is 10.9. The number of piperazine rings is 1. The standard InChI is InChI=1S/C23H27N5OS/c1-17-7-9-19(10-8-17)25-22-15-18(2)24-23(26-22)27-11-13-28(14-12-27)30-21-6-4-5-20(16-21)29-3/h4-10,15-16H,11-14H2,1-3H3,(H,24,25,26). The summed E-state index contributed by atoms with van der Waals surface area (Å²) in [4.78, 5) is 12.9. The number of benzene rings is 2. The van der Waals surface area contributed by atoms with E-state index in [0.717, 1.165) is 55.1 Å². The van der Waals surface area contributed by atoms with Crippen LogP contribution in [0.15, 0.2) is 59.5 Å². The van der Waals surface area contributed by atoms with Crippen LogP contribution in [0.25, 0.3) is 0 Å². The van der Waals surface area contributed by atoms with Crippen molar-refractivity contribution in [2.75, 3.05) is 43.5 Å². The maximum Gasteiger partial charge on any atom is 0.227 e. The molecule has 1 N–H and O–H groups in total. The van der Waals surface area contributed by atoms with Crippen LogP contribution >= 0.6 is 11.9 Å². The van der Waals surface area contributed by atoms with Gasteiger partial charge < -0.3 is 15.0 Å². The minimum absolute atomic E-state index is 0.788. The summed E-state index contributed by atoms with van der Waals surface area (Å²) in [5, 5.41) is 3.40. The van der Waals surface area contributed by atoms with E-state index in [4.69, 9.17) is 9.72 Å². The summed E-state index contributed by atoms with van der Waals surface area (Å²) in [5.74, 6) is 2.51. The summed E-state index contributed by atoms with van der Waals surface area (Å²) in [6, 6.07) is 18.5. The van der Waals surface area contributed by atoms with Crippen LogP contribution in [0.3, 0.4) is 0 Å². The lowest BCUT2D eigenvalue weighted by Gasteiger charge is -2.34. The molecule has 1 aromatic heterocycles. The van der Waals surface area contributed by atoms with Crippen molar-refractivity contribution in [3.63, 3.8) is 0 Å². The molecule has 1 saturated heterocycles. The van der Waals surface area contributed by atoms with E-state index in [1.54, 1.807) is 19.1 Å². The van der Waals surface area contributed by atoms with E-state index in [1.165, 1.54) is 10.5 Å². The number of methoxy groups -OCH3 is 1. The molecule has 0 saturated carbocycles. The number of ether oxygens (including phenoxy) is 1. The molecular formula is C23H27N5OS. The highest BCUT2D eigenvalue weighted by atomic mass is 32.2. The number of hydrogen-bond donors (Lipinski definition) is 1. The zero-order chi connectivity index (χ0) is 20.9. The quantitative estimate of drug-likeness (QED) is 0.580. The summed E-state index contributed by atoms with van der Waals surface area (Å²) >= 11 is 1.77. The Morgan fingerprint density at radius 2 is 1.70 bits per heavy atom. The molecule has 1 fully saturated rings. The number of anilines is 3. The number of rotatable bonds is 6. The number of nitrogens with one attached hydrogen (secondary N) is 1. The average molecular weight is 422 g/mol. The third-order valence-corrected chi connectivity index (χ3v) is 6.05. The van der Waals surface area contributed by atoms with Gasteiger partial charge in [-0.1, -0.05) is 23.8 Å². The van der Waals surface area contributed by atoms with Gasteiger partial charge in [-0.2, -0.15) is 4.98 Å². The van der Waals surface area contributed by atoms with Crippen molar-refractivity contribution in [3.05, 3.63) is 65.9 Å². The van der Waals surface area contributed by atoms with Crippen LogP contribution in [-0.2, 0) is 0 Å². The third kappa shape index (κ3) is 5.23. The number of aryl methyl sites for hydroxylation is 2. The monoisotopic (exact) mass is 421 g/mol. The van der Waals surface area contributed by atoms with E-state index in [0.29, 0.717) is 0 Å². The van der Waals surface area contributed by atoms with Crippen LogP contribution in [-0.4, -0.2) is 47.6 Å². The summed E-state index contributed by atoms with van der Waals surface area (Å²) in [6.45, 7) is 7.78.